The van der Waals surface area contributed by atoms with E-state index in [0.29, 0.717) is 12.3 Å². The van der Waals surface area contributed by atoms with Gasteiger partial charge in [-0.25, -0.2) is 4.98 Å². The molecular weight excluding hydrogens is 286 g/mol. The van der Waals surface area contributed by atoms with Crippen molar-refractivity contribution in [3.8, 4) is 11.5 Å². The largest absolute Gasteiger partial charge is 0.461 e. The number of nitrogens with zero attached hydrogens (tertiary/aromatic N) is 1. The minimum Gasteiger partial charge on any atom is -0.461 e. The first kappa shape index (κ1) is 13.8. The number of hydrogen-bond acceptors (Lipinski definition) is 3. The van der Waals surface area contributed by atoms with Crippen molar-refractivity contribution in [2.75, 3.05) is 0 Å². The molecule has 0 atom stereocenters. The molecule has 4 rings (SSSR count). The van der Waals surface area contributed by atoms with Crippen LogP contribution in [0.5, 0.6) is 0 Å². The lowest BCUT2D eigenvalue weighted by Crippen LogP contribution is -1.88. The number of hydrogen-bond donors (Lipinski definition) is 0. The van der Waals surface area contributed by atoms with Gasteiger partial charge < -0.3 is 8.83 Å². The Kier molecular flexibility index (Phi) is 3.27. The van der Waals surface area contributed by atoms with Gasteiger partial charge in [-0.05, 0) is 38.1 Å². The first-order chi connectivity index (χ1) is 11.2. The van der Waals surface area contributed by atoms with Crippen molar-refractivity contribution < 1.29 is 8.83 Å². The summed E-state index contributed by atoms with van der Waals surface area (Å²) in [5, 5.41) is 1.11. The molecular formula is C20H17NO2. The summed E-state index contributed by atoms with van der Waals surface area (Å²) in [6.45, 7) is 4.01. The zero-order valence-corrected chi connectivity index (χ0v) is 13.2. The lowest BCUT2D eigenvalue weighted by atomic mass is 10.1. The lowest BCUT2D eigenvalue weighted by Gasteiger charge is -1.95. The Morgan fingerprint density at radius 3 is 2.48 bits per heavy atom. The van der Waals surface area contributed by atoms with Crippen molar-refractivity contribution in [1.82, 2.24) is 4.98 Å². The van der Waals surface area contributed by atoms with E-state index < -0.39 is 0 Å². The van der Waals surface area contributed by atoms with Crippen molar-refractivity contribution in [2.45, 2.75) is 20.3 Å². The number of furan rings is 1. The summed E-state index contributed by atoms with van der Waals surface area (Å²) in [4.78, 5) is 4.65. The van der Waals surface area contributed by atoms with Crippen LogP contribution >= 0.6 is 0 Å². The molecule has 0 radical (unpaired) electrons. The molecule has 0 unspecified atom stereocenters. The molecule has 3 heteroatoms. The van der Waals surface area contributed by atoms with E-state index in [9.17, 15) is 0 Å². The summed E-state index contributed by atoms with van der Waals surface area (Å²) in [5.74, 6) is 2.40. The van der Waals surface area contributed by atoms with Crippen LogP contribution in [0, 0.1) is 13.8 Å². The van der Waals surface area contributed by atoms with Gasteiger partial charge >= 0.3 is 0 Å². The third-order valence-corrected chi connectivity index (χ3v) is 4.01. The number of para-hydroxylation sites is 1. The van der Waals surface area contributed by atoms with Crippen LogP contribution in [-0.4, -0.2) is 4.98 Å². The van der Waals surface area contributed by atoms with Gasteiger partial charge in [0, 0.05) is 10.9 Å². The predicted molar refractivity (Wildman–Crippen MR) is 90.4 cm³/mol. The first-order valence-corrected chi connectivity index (χ1v) is 7.70. The number of fused-ring (bicyclic) bond motifs is 1. The van der Waals surface area contributed by atoms with E-state index in [-0.39, 0.29) is 0 Å². The topological polar surface area (TPSA) is 39.2 Å². The summed E-state index contributed by atoms with van der Waals surface area (Å²) in [6.07, 6.45) is 0.635. The quantitative estimate of drug-likeness (QED) is 0.516. The van der Waals surface area contributed by atoms with Crippen LogP contribution in [-0.2, 0) is 6.42 Å². The van der Waals surface area contributed by atoms with Crippen molar-refractivity contribution in [1.29, 1.82) is 0 Å². The van der Waals surface area contributed by atoms with Crippen molar-refractivity contribution in [3.05, 3.63) is 77.4 Å². The van der Waals surface area contributed by atoms with E-state index in [0.717, 1.165) is 33.7 Å². The summed E-state index contributed by atoms with van der Waals surface area (Å²) in [7, 11) is 0. The standard InChI is InChI=1S/C20H17NO2/c1-13-7-9-15(10-8-13)20-21-18(14(2)22-20)12-17-11-16-5-3-4-6-19(16)23-17/h3-11H,12H2,1-2H3. The van der Waals surface area contributed by atoms with Gasteiger partial charge in [0.1, 0.15) is 17.1 Å². The van der Waals surface area contributed by atoms with Crippen molar-refractivity contribution >= 4 is 11.0 Å². The minimum atomic E-state index is 0.635. The Bertz CT molecular complexity index is 928. The maximum absolute atomic E-state index is 5.88. The molecule has 4 aromatic rings. The molecule has 0 amide bonds. The summed E-state index contributed by atoms with van der Waals surface area (Å²) >= 11 is 0. The van der Waals surface area contributed by atoms with E-state index in [4.69, 9.17) is 8.83 Å². The number of benzene rings is 2. The molecule has 2 heterocycles. The van der Waals surface area contributed by atoms with Crippen molar-refractivity contribution in [3.63, 3.8) is 0 Å². The van der Waals surface area contributed by atoms with Gasteiger partial charge in [0.25, 0.3) is 0 Å². The fourth-order valence-corrected chi connectivity index (χ4v) is 2.70. The summed E-state index contributed by atoms with van der Waals surface area (Å²) in [6, 6.07) is 18.3. The van der Waals surface area contributed by atoms with Gasteiger partial charge in [0.15, 0.2) is 0 Å². The van der Waals surface area contributed by atoms with Gasteiger partial charge in [-0.2, -0.15) is 0 Å². The number of aromatic nitrogens is 1. The van der Waals surface area contributed by atoms with Crippen LogP contribution in [0.3, 0.4) is 0 Å². The fourth-order valence-electron chi connectivity index (χ4n) is 2.70. The Morgan fingerprint density at radius 2 is 1.70 bits per heavy atom. The predicted octanol–water partition coefficient (Wildman–Crippen LogP) is 5.30. The molecule has 114 valence electrons. The molecule has 3 nitrogen and oxygen atoms in total. The van der Waals surface area contributed by atoms with Gasteiger partial charge in [0.05, 0.1) is 12.1 Å². The second-order valence-electron chi connectivity index (χ2n) is 5.82. The average Bonchev–Trinajstić information content (AvgIpc) is 3.12. The highest BCUT2D eigenvalue weighted by atomic mass is 16.4. The molecule has 23 heavy (non-hydrogen) atoms. The highest BCUT2D eigenvalue weighted by molar-refractivity contribution is 5.77. The number of rotatable bonds is 3. The third-order valence-electron chi connectivity index (χ3n) is 4.01. The minimum absolute atomic E-state index is 0.635. The molecule has 0 aliphatic carbocycles. The Morgan fingerprint density at radius 1 is 0.913 bits per heavy atom. The molecule has 0 aliphatic heterocycles. The van der Waals surface area contributed by atoms with Crippen LogP contribution in [0.2, 0.25) is 0 Å². The Hall–Kier alpha value is -2.81. The zero-order valence-electron chi connectivity index (χ0n) is 13.2. The maximum atomic E-state index is 5.88. The number of oxazole rings is 1. The highest BCUT2D eigenvalue weighted by Crippen LogP contribution is 2.26. The second kappa shape index (κ2) is 5.43. The molecule has 0 fully saturated rings. The molecule has 0 saturated heterocycles. The molecule has 2 aromatic heterocycles. The molecule has 0 spiro atoms. The smallest absolute Gasteiger partial charge is 0.226 e. The van der Waals surface area contributed by atoms with E-state index in [1.807, 2.05) is 37.3 Å². The van der Waals surface area contributed by atoms with Crippen LogP contribution in [0.25, 0.3) is 22.4 Å². The Balaban J connectivity index is 1.65. The fraction of sp³-hybridized carbons (Fsp3) is 0.150. The first-order valence-electron chi connectivity index (χ1n) is 7.70. The van der Waals surface area contributed by atoms with E-state index >= 15 is 0 Å². The molecule has 0 saturated carbocycles. The van der Waals surface area contributed by atoms with E-state index in [1.54, 1.807) is 0 Å². The van der Waals surface area contributed by atoms with Gasteiger partial charge in [0.2, 0.25) is 5.89 Å². The maximum Gasteiger partial charge on any atom is 0.226 e. The SMILES string of the molecule is Cc1ccc(-c2nc(Cc3cc4ccccc4o3)c(C)o2)cc1. The lowest BCUT2D eigenvalue weighted by molar-refractivity contribution is 0.533. The van der Waals surface area contributed by atoms with Crippen LogP contribution in [0.1, 0.15) is 22.8 Å². The summed E-state index contributed by atoms with van der Waals surface area (Å²) < 4.78 is 11.7. The Labute approximate surface area is 134 Å². The summed E-state index contributed by atoms with van der Waals surface area (Å²) in [5.41, 5.74) is 4.04. The zero-order chi connectivity index (χ0) is 15.8. The van der Waals surface area contributed by atoms with Gasteiger partial charge in [-0.3, -0.25) is 0 Å². The van der Waals surface area contributed by atoms with E-state index in [1.165, 1.54) is 5.56 Å². The highest BCUT2D eigenvalue weighted by Gasteiger charge is 2.14. The van der Waals surface area contributed by atoms with E-state index in [2.05, 4.69) is 36.2 Å². The average molecular weight is 303 g/mol. The van der Waals surface area contributed by atoms with Crippen LogP contribution < -0.4 is 0 Å². The molecule has 0 aliphatic rings. The van der Waals surface area contributed by atoms with Crippen LogP contribution in [0.4, 0.5) is 0 Å². The normalized spacial score (nSPS) is 11.2. The molecule has 0 N–H and O–H groups in total. The number of aryl methyl sites for hydroxylation is 2. The molecule has 0 bridgehead atoms. The second-order valence-corrected chi connectivity index (χ2v) is 5.82. The monoisotopic (exact) mass is 303 g/mol. The van der Waals surface area contributed by atoms with Gasteiger partial charge in [-0.15, -0.1) is 0 Å². The third kappa shape index (κ3) is 2.66. The van der Waals surface area contributed by atoms with Crippen molar-refractivity contribution in [2.24, 2.45) is 0 Å². The molecule has 2 aromatic carbocycles. The van der Waals surface area contributed by atoms with Crippen LogP contribution in [0.15, 0.2) is 63.4 Å². The van der Waals surface area contributed by atoms with Gasteiger partial charge in [-0.1, -0.05) is 35.9 Å².